The molecule has 0 unspecified atom stereocenters. The molecule has 10 heavy (non-hydrogen) atoms. The summed E-state index contributed by atoms with van der Waals surface area (Å²) < 4.78 is 0. The number of carbonyl (C=O) groups excluding carboxylic acids is 4. The summed E-state index contributed by atoms with van der Waals surface area (Å²) in [7, 11) is 0. The van der Waals surface area contributed by atoms with Crippen LogP contribution in [0.3, 0.4) is 0 Å². The fraction of sp³-hybridized carbons (Fsp3) is 0. The van der Waals surface area contributed by atoms with Gasteiger partial charge in [-0.2, -0.15) is 0 Å². The molecule has 0 heterocycles. The van der Waals surface area contributed by atoms with Gasteiger partial charge in [0.1, 0.15) is 0 Å². The first-order valence-electron chi connectivity index (χ1n) is 0.943. The van der Waals surface area contributed by atoms with E-state index in [-0.39, 0.29) is 34.4 Å². The summed E-state index contributed by atoms with van der Waals surface area (Å²) in [5.74, 6) is 0. The summed E-state index contributed by atoms with van der Waals surface area (Å²) in [6, 6.07) is 0. The van der Waals surface area contributed by atoms with Crippen molar-refractivity contribution in [1.29, 1.82) is 0 Å². The van der Waals surface area contributed by atoms with Crippen LogP contribution in [0.1, 0.15) is 0 Å². The molecule has 0 saturated carbocycles. The van der Waals surface area contributed by atoms with Gasteiger partial charge in [-0.3, -0.25) is 27.2 Å². The molecule has 0 aliphatic heterocycles. The summed E-state index contributed by atoms with van der Waals surface area (Å²) in [6.07, 6.45) is 0. The molecule has 6 heteroatoms. The molecule has 0 fully saturated rings. The van der Waals surface area contributed by atoms with Crippen LogP contribution in [0.5, 0.6) is 0 Å². The van der Waals surface area contributed by atoms with E-state index >= 15 is 0 Å². The zero-order valence-electron chi connectivity index (χ0n) is 5.28. The van der Waals surface area contributed by atoms with Crippen LogP contribution in [0, 0.1) is 0 Å². The summed E-state index contributed by atoms with van der Waals surface area (Å²) in [5, 5.41) is 0. The van der Waals surface area contributed by atoms with E-state index in [4.69, 9.17) is 19.2 Å². The van der Waals surface area contributed by atoms with Gasteiger partial charge >= 0.3 is 17.6 Å². The Hall–Kier alpha value is -0.271. The van der Waals surface area contributed by atoms with Crippen molar-refractivity contribution < 1.29 is 36.0 Å². The summed E-state index contributed by atoms with van der Waals surface area (Å²) in [6.45, 7) is 13.0. The van der Waals surface area contributed by atoms with Crippen LogP contribution in [0.25, 0.3) is 0 Å². The standard InChI is InChI=1S/4CHO.Co.GeH3/c4*1-2;;/h4*1H;;1H3/q4*-1;;. The first-order chi connectivity index (χ1) is 4.00. The molecule has 0 aromatic heterocycles. The Labute approximate surface area is 80.9 Å². The average Bonchev–Trinajstić information content (AvgIpc) is 2.03. The molecule has 0 spiro atoms. The molecule has 4 nitrogen and oxygen atoms in total. The number of hydrogen-bond donors (Lipinski definition) is 0. The number of hydrogen-bond acceptors (Lipinski definition) is 4. The molecule has 0 aliphatic carbocycles. The van der Waals surface area contributed by atoms with Gasteiger partial charge < -0.3 is 19.2 Å². The van der Waals surface area contributed by atoms with Crippen LogP contribution >= 0.6 is 0 Å². The summed E-state index contributed by atoms with van der Waals surface area (Å²) in [5.41, 5.74) is 0. The van der Waals surface area contributed by atoms with E-state index in [1.165, 1.54) is 0 Å². The van der Waals surface area contributed by atoms with E-state index in [1.807, 2.05) is 0 Å². The van der Waals surface area contributed by atoms with Crippen molar-refractivity contribution in [2.24, 2.45) is 0 Å². The van der Waals surface area contributed by atoms with E-state index in [0.29, 0.717) is 0 Å². The molecule has 0 aromatic rings. The Morgan fingerprint density at radius 2 is 0.500 bits per heavy atom. The molecule has 0 amide bonds. The van der Waals surface area contributed by atoms with Crippen LogP contribution in [-0.2, 0) is 36.0 Å². The molecule has 0 N–H and O–H groups in total. The first-order valence-corrected chi connectivity index (χ1v) is 0.943. The van der Waals surface area contributed by atoms with Gasteiger partial charge in [-0.15, -0.1) is 0 Å². The third-order valence-electron chi connectivity index (χ3n) is 0. The second-order valence-corrected chi connectivity index (χ2v) is 0. The molecule has 0 saturated heterocycles. The fourth-order valence-electron chi connectivity index (χ4n) is 0. The van der Waals surface area contributed by atoms with Crippen LogP contribution in [0.2, 0.25) is 0 Å². The fourth-order valence-corrected chi connectivity index (χ4v) is 0. The second kappa shape index (κ2) is 7120. The van der Waals surface area contributed by atoms with Gasteiger partial charge in [0, 0.05) is 16.8 Å². The minimum atomic E-state index is 0. The summed E-state index contributed by atoms with van der Waals surface area (Å²) in [4.78, 5) is 31.0. The topological polar surface area (TPSA) is 68.3 Å². The van der Waals surface area contributed by atoms with Gasteiger partial charge in [-0.05, 0) is 0 Å². The van der Waals surface area contributed by atoms with Gasteiger partial charge in [-0.1, -0.05) is 0 Å². The van der Waals surface area contributed by atoms with Gasteiger partial charge in [0.15, 0.2) is 0 Å². The molecule has 0 aliphatic rings. The Balaban J connectivity index is -0.00000000500. The third kappa shape index (κ3) is 4780. The van der Waals surface area contributed by atoms with Crippen LogP contribution in [0.15, 0.2) is 0 Å². The van der Waals surface area contributed by atoms with Crippen molar-refractivity contribution in [2.45, 2.75) is 0 Å². The van der Waals surface area contributed by atoms with Crippen LogP contribution < -0.4 is 0 Å². The van der Waals surface area contributed by atoms with E-state index in [0.717, 1.165) is 0 Å². The maximum absolute atomic E-state index is 7.75. The van der Waals surface area contributed by atoms with Crippen molar-refractivity contribution in [3.05, 3.63) is 0 Å². The Morgan fingerprint density at radius 1 is 0.500 bits per heavy atom. The monoisotopic (exact) mass is 252 g/mol. The Morgan fingerprint density at radius 3 is 0.500 bits per heavy atom. The van der Waals surface area contributed by atoms with Gasteiger partial charge in [0.2, 0.25) is 0 Å². The quantitative estimate of drug-likeness (QED) is 0.276. The van der Waals surface area contributed by atoms with Crippen LogP contribution in [0.4, 0.5) is 0 Å². The van der Waals surface area contributed by atoms with Crippen molar-refractivity contribution in [3.8, 4) is 0 Å². The van der Waals surface area contributed by atoms with Gasteiger partial charge in [0.25, 0.3) is 0 Å². The zero-order chi connectivity index (χ0) is 8.00. The first kappa shape index (κ1) is 53.3. The van der Waals surface area contributed by atoms with E-state index < -0.39 is 0 Å². The molecular formula is C4H7CoGeO4-4. The average molecular weight is 251 g/mol. The van der Waals surface area contributed by atoms with E-state index in [9.17, 15) is 0 Å². The Bertz CT molecular complexity index is 25.2. The SMILES string of the molecule is [CH-]=O.[CH-]=O.[CH-]=O.[CH-]=O.[Co].[GeH3]. The van der Waals surface area contributed by atoms with E-state index in [1.54, 1.807) is 0 Å². The molecule has 0 atom stereocenters. The molecule has 0 rings (SSSR count). The molecular weight excluding hydrogens is 244 g/mol. The molecule has 2 radical (unpaired) electrons. The van der Waals surface area contributed by atoms with Crippen molar-refractivity contribution >= 4 is 44.8 Å². The summed E-state index contributed by atoms with van der Waals surface area (Å²) >= 11 is 0. The van der Waals surface area contributed by atoms with Crippen LogP contribution in [-0.4, -0.2) is 44.8 Å². The molecule has 64 valence electrons. The molecule has 0 bridgehead atoms. The number of rotatable bonds is 0. The Kier molecular flexibility index (Phi) is 38000. The maximum atomic E-state index is 7.75. The third-order valence-corrected chi connectivity index (χ3v) is 0. The predicted molar refractivity (Wildman–Crippen MR) is 36.9 cm³/mol. The van der Waals surface area contributed by atoms with E-state index in [2.05, 4.69) is 27.2 Å². The van der Waals surface area contributed by atoms with Crippen molar-refractivity contribution in [3.63, 3.8) is 0 Å². The second-order valence-electron chi connectivity index (χ2n) is 0. The van der Waals surface area contributed by atoms with Crippen molar-refractivity contribution in [1.82, 2.24) is 0 Å². The predicted octanol–water partition coefficient (Wildman–Crippen LogP) is -2.28. The van der Waals surface area contributed by atoms with Gasteiger partial charge in [-0.25, -0.2) is 0 Å². The van der Waals surface area contributed by atoms with Crippen molar-refractivity contribution in [2.75, 3.05) is 0 Å². The normalized spacial score (nSPS) is 1.60. The van der Waals surface area contributed by atoms with Gasteiger partial charge in [0.05, 0.1) is 0 Å². The molecule has 0 aromatic carbocycles. The zero-order valence-corrected chi connectivity index (χ0v) is 10.5. The minimum absolute atomic E-state index is 0.